The van der Waals surface area contributed by atoms with Gasteiger partial charge in [0.2, 0.25) is 0 Å². The zero-order valence-corrected chi connectivity index (χ0v) is 13.9. The first-order chi connectivity index (χ1) is 9.26. The van der Waals surface area contributed by atoms with Crippen LogP contribution in [0.2, 0.25) is 0 Å². The second kappa shape index (κ2) is 10.2. The highest BCUT2D eigenvalue weighted by atomic mass is 79.9. The normalized spacial score (nSPS) is 11.6. The summed E-state index contributed by atoms with van der Waals surface area (Å²) in [7, 11) is 1.79. The molecule has 0 radical (unpaired) electrons. The van der Waals surface area contributed by atoms with Gasteiger partial charge in [-0.1, -0.05) is 0 Å². The molecule has 0 aliphatic rings. The first kappa shape index (κ1) is 16.5. The van der Waals surface area contributed by atoms with Gasteiger partial charge in [0.05, 0.1) is 3.79 Å². The van der Waals surface area contributed by atoms with Gasteiger partial charge in [0.1, 0.15) is 0 Å². The van der Waals surface area contributed by atoms with Crippen LogP contribution in [0.1, 0.15) is 18.2 Å². The summed E-state index contributed by atoms with van der Waals surface area (Å²) in [5.74, 6) is 0.854. The standard InChI is InChI=1S/C13H22BrN3OS/c1-3-18-10-4-8-16-13(15-2)17-9-7-11-5-6-12(14)19-11/h5-6H,3-4,7-10H2,1-2H3,(H2,15,16,17). The fourth-order valence-electron chi connectivity index (χ4n) is 1.54. The van der Waals surface area contributed by atoms with Crippen molar-refractivity contribution in [2.45, 2.75) is 19.8 Å². The Hall–Kier alpha value is -0.590. The number of nitrogens with one attached hydrogen (secondary N) is 2. The first-order valence-electron chi connectivity index (χ1n) is 6.52. The number of hydrogen-bond donors (Lipinski definition) is 2. The van der Waals surface area contributed by atoms with E-state index in [2.05, 4.69) is 43.7 Å². The Morgan fingerprint density at radius 1 is 1.37 bits per heavy atom. The van der Waals surface area contributed by atoms with Crippen LogP contribution in [-0.2, 0) is 11.2 Å². The molecule has 0 atom stereocenters. The van der Waals surface area contributed by atoms with Crippen LogP contribution in [0.3, 0.4) is 0 Å². The molecule has 0 saturated carbocycles. The minimum Gasteiger partial charge on any atom is -0.382 e. The third-order valence-corrected chi connectivity index (χ3v) is 4.16. The predicted molar refractivity (Wildman–Crippen MR) is 86.2 cm³/mol. The van der Waals surface area contributed by atoms with Gasteiger partial charge in [0.25, 0.3) is 0 Å². The molecule has 0 aliphatic carbocycles. The lowest BCUT2D eigenvalue weighted by Gasteiger charge is -2.11. The Labute approximate surface area is 127 Å². The van der Waals surface area contributed by atoms with Crippen molar-refractivity contribution in [3.05, 3.63) is 20.8 Å². The van der Waals surface area contributed by atoms with Gasteiger partial charge in [-0.05, 0) is 47.8 Å². The van der Waals surface area contributed by atoms with E-state index in [-0.39, 0.29) is 0 Å². The SMILES string of the molecule is CCOCCCNC(=NC)NCCc1ccc(Br)s1. The van der Waals surface area contributed by atoms with Crippen molar-refractivity contribution in [2.75, 3.05) is 33.4 Å². The van der Waals surface area contributed by atoms with Gasteiger partial charge in [-0.15, -0.1) is 11.3 Å². The summed E-state index contributed by atoms with van der Waals surface area (Å²) in [5, 5.41) is 6.58. The lowest BCUT2D eigenvalue weighted by atomic mass is 10.3. The minimum absolute atomic E-state index is 0.781. The third-order valence-electron chi connectivity index (χ3n) is 2.48. The summed E-state index contributed by atoms with van der Waals surface area (Å²) in [4.78, 5) is 5.56. The van der Waals surface area contributed by atoms with Crippen molar-refractivity contribution >= 4 is 33.2 Å². The minimum atomic E-state index is 0.781. The average Bonchev–Trinajstić information content (AvgIpc) is 2.82. The van der Waals surface area contributed by atoms with Gasteiger partial charge < -0.3 is 15.4 Å². The van der Waals surface area contributed by atoms with Crippen LogP contribution in [0.15, 0.2) is 20.9 Å². The van der Waals surface area contributed by atoms with Gasteiger partial charge in [-0.2, -0.15) is 0 Å². The molecule has 4 nitrogen and oxygen atoms in total. The number of rotatable bonds is 8. The van der Waals surface area contributed by atoms with E-state index in [0.29, 0.717) is 0 Å². The summed E-state index contributed by atoms with van der Waals surface area (Å²) in [5.41, 5.74) is 0. The molecule has 2 N–H and O–H groups in total. The lowest BCUT2D eigenvalue weighted by molar-refractivity contribution is 0.145. The van der Waals surface area contributed by atoms with Crippen LogP contribution in [0.25, 0.3) is 0 Å². The van der Waals surface area contributed by atoms with Crippen LogP contribution < -0.4 is 10.6 Å². The molecule has 0 fully saturated rings. The number of hydrogen-bond acceptors (Lipinski definition) is 3. The summed E-state index contributed by atoms with van der Waals surface area (Å²) < 4.78 is 6.47. The van der Waals surface area contributed by atoms with Gasteiger partial charge in [0, 0.05) is 38.2 Å². The monoisotopic (exact) mass is 347 g/mol. The molecule has 0 aliphatic heterocycles. The van der Waals surface area contributed by atoms with Gasteiger partial charge >= 0.3 is 0 Å². The summed E-state index contributed by atoms with van der Waals surface area (Å²) in [6, 6.07) is 4.23. The molecule has 0 bridgehead atoms. The molecular formula is C13H22BrN3OS. The van der Waals surface area contributed by atoms with Gasteiger partial charge in [-0.3, -0.25) is 4.99 Å². The van der Waals surface area contributed by atoms with E-state index in [9.17, 15) is 0 Å². The zero-order valence-electron chi connectivity index (χ0n) is 11.5. The third kappa shape index (κ3) is 7.54. The Bertz CT molecular complexity index is 382. The van der Waals surface area contributed by atoms with Crippen LogP contribution in [-0.4, -0.2) is 39.3 Å². The van der Waals surface area contributed by atoms with E-state index in [1.54, 1.807) is 18.4 Å². The maximum atomic E-state index is 5.29. The molecule has 6 heteroatoms. The largest absolute Gasteiger partial charge is 0.382 e. The van der Waals surface area contributed by atoms with Crippen molar-refractivity contribution < 1.29 is 4.74 Å². The van der Waals surface area contributed by atoms with Crippen molar-refractivity contribution in [1.29, 1.82) is 0 Å². The molecule has 0 aromatic carbocycles. The smallest absolute Gasteiger partial charge is 0.190 e. The predicted octanol–water partition coefficient (Wildman–Crippen LogP) is 2.64. The molecule has 1 aromatic heterocycles. The molecule has 1 aromatic rings. The summed E-state index contributed by atoms with van der Waals surface area (Å²) in [6.45, 7) is 5.35. The number of thiophene rings is 1. The topological polar surface area (TPSA) is 45.6 Å². The Morgan fingerprint density at radius 2 is 2.16 bits per heavy atom. The number of ether oxygens (including phenoxy) is 1. The quantitative estimate of drug-likeness (QED) is 0.431. The van der Waals surface area contributed by atoms with Crippen molar-refractivity contribution in [1.82, 2.24) is 10.6 Å². The first-order valence-corrected chi connectivity index (χ1v) is 8.13. The second-order valence-corrected chi connectivity index (χ2v) is 6.48. The molecule has 0 unspecified atom stereocenters. The van der Waals surface area contributed by atoms with Gasteiger partial charge in [0.15, 0.2) is 5.96 Å². The van der Waals surface area contributed by atoms with Gasteiger partial charge in [-0.25, -0.2) is 0 Å². The van der Waals surface area contributed by atoms with Crippen LogP contribution in [0.4, 0.5) is 0 Å². The van der Waals surface area contributed by atoms with E-state index in [1.807, 2.05) is 6.92 Å². The highest BCUT2D eigenvalue weighted by Gasteiger charge is 1.99. The van der Waals surface area contributed by atoms with Crippen LogP contribution in [0.5, 0.6) is 0 Å². The second-order valence-electron chi connectivity index (χ2n) is 3.93. The number of halogens is 1. The fourth-order valence-corrected chi connectivity index (χ4v) is 3.02. The van der Waals surface area contributed by atoms with E-state index >= 15 is 0 Å². The molecule has 0 saturated heterocycles. The van der Waals surface area contributed by atoms with Crippen molar-refractivity contribution in [3.63, 3.8) is 0 Å². The molecule has 108 valence electrons. The zero-order chi connectivity index (χ0) is 13.9. The van der Waals surface area contributed by atoms with Crippen LogP contribution >= 0.6 is 27.3 Å². The molecule has 1 heterocycles. The Kier molecular flexibility index (Phi) is 8.86. The average molecular weight is 348 g/mol. The maximum absolute atomic E-state index is 5.29. The highest BCUT2D eigenvalue weighted by molar-refractivity contribution is 9.11. The van der Waals surface area contributed by atoms with E-state index < -0.39 is 0 Å². The Balaban J connectivity index is 2.11. The number of guanidine groups is 1. The molecule has 0 amide bonds. The summed E-state index contributed by atoms with van der Waals surface area (Å²) in [6.07, 6.45) is 2.00. The van der Waals surface area contributed by atoms with Crippen LogP contribution in [0, 0.1) is 0 Å². The highest BCUT2D eigenvalue weighted by Crippen LogP contribution is 2.21. The fraction of sp³-hybridized carbons (Fsp3) is 0.615. The Morgan fingerprint density at radius 3 is 2.79 bits per heavy atom. The number of nitrogens with zero attached hydrogens (tertiary/aromatic N) is 1. The van der Waals surface area contributed by atoms with E-state index in [1.165, 1.54) is 8.66 Å². The van der Waals surface area contributed by atoms with E-state index in [0.717, 1.165) is 45.1 Å². The molecule has 1 rings (SSSR count). The van der Waals surface area contributed by atoms with Crippen molar-refractivity contribution in [3.8, 4) is 0 Å². The number of aliphatic imine (C=N–C) groups is 1. The molecule has 19 heavy (non-hydrogen) atoms. The maximum Gasteiger partial charge on any atom is 0.190 e. The molecular weight excluding hydrogens is 326 g/mol. The summed E-state index contributed by atoms with van der Waals surface area (Å²) >= 11 is 5.25. The van der Waals surface area contributed by atoms with Crippen molar-refractivity contribution in [2.24, 2.45) is 4.99 Å². The lowest BCUT2D eigenvalue weighted by Crippen LogP contribution is -2.38. The molecule has 0 spiro atoms. The van der Waals surface area contributed by atoms with E-state index in [4.69, 9.17) is 4.74 Å².